The molecule has 1 aliphatic carbocycles. The number of ether oxygens (including phenoxy) is 1. The van der Waals surface area contributed by atoms with Crippen molar-refractivity contribution in [3.8, 4) is 5.88 Å². The fraction of sp³-hybridized carbons (Fsp3) is 0.444. The van der Waals surface area contributed by atoms with Gasteiger partial charge in [-0.15, -0.1) is 0 Å². The van der Waals surface area contributed by atoms with Gasteiger partial charge in [0, 0.05) is 18.3 Å². The molecule has 3 aromatic heterocycles. The molecule has 2 aliphatic rings. The molecule has 1 unspecified atom stereocenters. The largest absolute Gasteiger partial charge is 0.481 e. The summed E-state index contributed by atoms with van der Waals surface area (Å²) in [5, 5.41) is 2.77. The van der Waals surface area contributed by atoms with Crippen LogP contribution in [-0.2, 0) is 16.4 Å². The number of aromatic nitrogens is 6. The van der Waals surface area contributed by atoms with E-state index in [4.69, 9.17) is 4.74 Å². The zero-order valence-electron chi connectivity index (χ0n) is 23.8. The van der Waals surface area contributed by atoms with E-state index in [2.05, 4.69) is 41.8 Å². The molecule has 5 rings (SSSR count). The third-order valence-electron chi connectivity index (χ3n) is 7.51. The lowest BCUT2D eigenvalue weighted by atomic mass is 9.91. The molecule has 3 aromatic rings. The van der Waals surface area contributed by atoms with Gasteiger partial charge in [-0.1, -0.05) is 13.5 Å². The van der Waals surface area contributed by atoms with Crippen molar-refractivity contribution in [3.05, 3.63) is 69.1 Å². The third-order valence-corrected chi connectivity index (χ3v) is 9.20. The molecule has 1 aliphatic heterocycles. The number of nitrogens with one attached hydrogen (secondary N) is 1. The molecule has 228 valence electrons. The molecule has 0 bridgehead atoms. The predicted molar refractivity (Wildman–Crippen MR) is 149 cm³/mol. The smallest absolute Gasteiger partial charge is 0.409 e. The molecular formula is C27H29F3N8O4S. The third kappa shape index (κ3) is 5.62. The molecule has 0 radical (unpaired) electrons. The van der Waals surface area contributed by atoms with Crippen LogP contribution in [0.2, 0.25) is 0 Å². The average molecular weight is 619 g/mol. The highest BCUT2D eigenvalue weighted by molar-refractivity contribution is 7.91. The topological polar surface area (TPSA) is 154 Å². The van der Waals surface area contributed by atoms with Gasteiger partial charge >= 0.3 is 6.18 Å². The number of halogens is 3. The fourth-order valence-electron chi connectivity index (χ4n) is 4.74. The Morgan fingerprint density at radius 3 is 2.44 bits per heavy atom. The van der Waals surface area contributed by atoms with Crippen LogP contribution in [0.15, 0.2) is 45.6 Å². The number of rotatable bonds is 9. The lowest BCUT2D eigenvalue weighted by molar-refractivity contribution is -0.164. The van der Waals surface area contributed by atoms with E-state index in [9.17, 15) is 26.4 Å². The first-order chi connectivity index (χ1) is 20.3. The monoisotopic (exact) mass is 618 g/mol. The Hall–Kier alpha value is -4.21. The summed E-state index contributed by atoms with van der Waals surface area (Å²) in [5.74, 6) is -0.0595. The van der Waals surface area contributed by atoms with E-state index in [-0.39, 0.29) is 51.5 Å². The van der Waals surface area contributed by atoms with Crippen molar-refractivity contribution < 1.29 is 26.3 Å². The van der Waals surface area contributed by atoms with E-state index >= 15 is 0 Å². The first-order valence-corrected chi connectivity index (χ1v) is 15.1. The second-order valence-corrected chi connectivity index (χ2v) is 12.5. The number of hydrogen-bond donors (Lipinski definition) is 1. The fourth-order valence-corrected chi connectivity index (χ4v) is 5.50. The quantitative estimate of drug-likeness (QED) is 0.378. The van der Waals surface area contributed by atoms with Crippen LogP contribution in [0.25, 0.3) is 5.57 Å². The van der Waals surface area contributed by atoms with Crippen LogP contribution >= 0.6 is 0 Å². The van der Waals surface area contributed by atoms with Crippen molar-refractivity contribution in [2.75, 3.05) is 18.2 Å². The molecule has 16 heteroatoms. The van der Waals surface area contributed by atoms with E-state index in [0.29, 0.717) is 27.0 Å². The van der Waals surface area contributed by atoms with Gasteiger partial charge in [0.2, 0.25) is 5.88 Å². The minimum absolute atomic E-state index is 0.0496. The predicted octanol–water partition coefficient (Wildman–Crippen LogP) is 2.34. The van der Waals surface area contributed by atoms with Crippen LogP contribution in [0.3, 0.4) is 0 Å². The van der Waals surface area contributed by atoms with Crippen molar-refractivity contribution in [2.24, 2.45) is 4.99 Å². The Morgan fingerprint density at radius 1 is 1.19 bits per heavy atom. The molecule has 2 atom stereocenters. The normalized spacial score (nSPS) is 17.7. The van der Waals surface area contributed by atoms with Crippen molar-refractivity contribution in [1.29, 1.82) is 0 Å². The maximum absolute atomic E-state index is 14.1. The van der Waals surface area contributed by atoms with Crippen molar-refractivity contribution in [3.63, 3.8) is 0 Å². The van der Waals surface area contributed by atoms with E-state index in [1.807, 2.05) is 0 Å². The molecule has 1 fully saturated rings. The van der Waals surface area contributed by atoms with Gasteiger partial charge in [0.15, 0.2) is 21.1 Å². The number of methoxy groups -OCH3 is 1. The van der Waals surface area contributed by atoms with Crippen LogP contribution < -0.4 is 26.4 Å². The van der Waals surface area contributed by atoms with Crippen LogP contribution in [0.4, 0.5) is 19.0 Å². The molecule has 0 aromatic carbocycles. The Labute approximate surface area is 244 Å². The number of anilines is 1. The zero-order chi connectivity index (χ0) is 31.3. The first kappa shape index (κ1) is 30.3. The highest BCUT2D eigenvalue weighted by atomic mass is 32.2. The number of alkyl halides is 3. The summed E-state index contributed by atoms with van der Waals surface area (Å²) in [5.41, 5.74) is 0.735. The Balaban J connectivity index is 1.65. The van der Waals surface area contributed by atoms with E-state index in [1.54, 1.807) is 6.92 Å². The maximum Gasteiger partial charge on any atom is 0.409 e. The molecule has 4 heterocycles. The number of sulfone groups is 1. The maximum atomic E-state index is 14.1. The second-order valence-electron chi connectivity index (χ2n) is 10.3. The molecule has 0 spiro atoms. The molecule has 0 amide bonds. The molecule has 0 saturated heterocycles. The summed E-state index contributed by atoms with van der Waals surface area (Å²) >= 11 is 0. The van der Waals surface area contributed by atoms with Crippen LogP contribution in [0, 0.1) is 0 Å². The van der Waals surface area contributed by atoms with E-state index < -0.39 is 33.7 Å². The van der Waals surface area contributed by atoms with Crippen molar-refractivity contribution >= 4 is 21.2 Å². The summed E-state index contributed by atoms with van der Waals surface area (Å²) in [6.45, 7) is 7.96. The highest BCUT2D eigenvalue weighted by Crippen LogP contribution is 2.46. The van der Waals surface area contributed by atoms with Gasteiger partial charge in [-0.05, 0) is 37.8 Å². The van der Waals surface area contributed by atoms with Gasteiger partial charge in [0.05, 0.1) is 30.7 Å². The zero-order valence-corrected chi connectivity index (χ0v) is 24.6. The Kier molecular flexibility index (Phi) is 7.83. The summed E-state index contributed by atoms with van der Waals surface area (Å²) in [7, 11) is -2.10. The first-order valence-electron chi connectivity index (χ1n) is 13.4. The molecular weight excluding hydrogens is 589 g/mol. The number of fused-ring (bicyclic) bond motifs is 1. The second kappa shape index (κ2) is 11.1. The van der Waals surface area contributed by atoms with Gasteiger partial charge in [0.1, 0.15) is 34.5 Å². The van der Waals surface area contributed by atoms with Gasteiger partial charge in [-0.3, -0.25) is 14.4 Å². The lowest BCUT2D eigenvalue weighted by Gasteiger charge is -2.26. The van der Waals surface area contributed by atoms with Gasteiger partial charge in [-0.2, -0.15) is 13.2 Å². The van der Waals surface area contributed by atoms with E-state index in [1.165, 1.54) is 20.4 Å². The molecule has 43 heavy (non-hydrogen) atoms. The minimum atomic E-state index is -4.79. The molecule has 1 N–H and O–H groups in total. The van der Waals surface area contributed by atoms with Gasteiger partial charge in [0.25, 0.3) is 5.56 Å². The average Bonchev–Trinajstić information content (AvgIpc) is 3.83. The minimum Gasteiger partial charge on any atom is -0.481 e. The Morgan fingerprint density at radius 2 is 1.86 bits per heavy atom. The SMILES string of the molecule is C=C1C(C)=c2nc(NCc3ncc(S(=O)(=O)CC)cn3)c(=O)n([C@@H](C)C(F)(F)F)c2=NC1c1c(OC)ncnc1C1CC1. The van der Waals surface area contributed by atoms with Crippen LogP contribution in [0.5, 0.6) is 5.88 Å². The number of nitrogens with zero attached hydrogens (tertiary/aromatic N) is 7. The summed E-state index contributed by atoms with van der Waals surface area (Å²) < 4.78 is 72.6. The van der Waals surface area contributed by atoms with E-state index in [0.717, 1.165) is 32.2 Å². The highest BCUT2D eigenvalue weighted by Gasteiger charge is 2.41. The lowest BCUT2D eigenvalue weighted by Crippen LogP contribution is -2.52. The number of hydrogen-bond acceptors (Lipinski definition) is 11. The standard InChI is InChI=1S/C27H29F3N8O4S/c1-6-43(40,41)17-9-31-18(32-10-17)11-33-23-26(39)38(15(4)27(28,29)30)24-21(36-23)14(3)13(2)20(37-24)19-22(16-7-8-16)34-12-35-25(19)42-5/h9-10,12,15-16,20H,2,6-8,11H2,1,3-5H3,(H,33,36)/t15-,20?/m0/s1. The summed E-state index contributed by atoms with van der Waals surface area (Å²) in [6, 6.07) is -3.16. The molecule has 12 nitrogen and oxygen atoms in total. The summed E-state index contributed by atoms with van der Waals surface area (Å²) in [4.78, 5) is 39.2. The van der Waals surface area contributed by atoms with Gasteiger partial charge in [-0.25, -0.2) is 33.3 Å². The Bertz CT molecular complexity index is 1890. The molecule has 1 saturated carbocycles. The van der Waals surface area contributed by atoms with Crippen LogP contribution in [-0.4, -0.2) is 56.9 Å². The van der Waals surface area contributed by atoms with Crippen molar-refractivity contribution in [1.82, 2.24) is 29.5 Å². The van der Waals surface area contributed by atoms with Gasteiger partial charge < -0.3 is 10.1 Å². The van der Waals surface area contributed by atoms with Crippen LogP contribution in [0.1, 0.15) is 68.7 Å². The summed E-state index contributed by atoms with van der Waals surface area (Å²) in [6.07, 6.45) is 0.613. The van der Waals surface area contributed by atoms with Crippen molar-refractivity contribution in [2.45, 2.75) is 69.2 Å².